The molecule has 2 rings (SSSR count). The van der Waals surface area contributed by atoms with Gasteiger partial charge in [0.2, 0.25) is 0 Å². The zero-order chi connectivity index (χ0) is 18.8. The summed E-state index contributed by atoms with van der Waals surface area (Å²) < 4.78 is 26.7. The Kier molecular flexibility index (Phi) is 5.13. The molecule has 0 heterocycles. The summed E-state index contributed by atoms with van der Waals surface area (Å²) in [7, 11) is -4.20. The number of aryl methyl sites for hydroxylation is 1. The molecule has 0 bridgehead atoms. The van der Waals surface area contributed by atoms with Crippen molar-refractivity contribution < 1.29 is 28.2 Å². The highest BCUT2D eigenvalue weighted by molar-refractivity contribution is 7.92. The molecule has 2 N–H and O–H groups in total. The van der Waals surface area contributed by atoms with Crippen LogP contribution in [0.1, 0.15) is 22.8 Å². The second-order valence-corrected chi connectivity index (χ2v) is 7.30. The SMILES string of the molecule is Cc1ccc(S(=O)(=O)N(c2cccc(C(=O)O)c2)C(C)C(=O)O)cc1. The maximum Gasteiger partial charge on any atom is 0.335 e. The lowest BCUT2D eigenvalue weighted by atomic mass is 10.2. The number of anilines is 1. The molecular formula is C17H17NO6S. The van der Waals surface area contributed by atoms with Crippen LogP contribution in [-0.2, 0) is 14.8 Å². The smallest absolute Gasteiger partial charge is 0.335 e. The molecular weight excluding hydrogens is 346 g/mol. The molecule has 0 aliphatic rings. The second-order valence-electron chi connectivity index (χ2n) is 5.48. The van der Waals surface area contributed by atoms with E-state index in [4.69, 9.17) is 5.11 Å². The molecule has 2 aromatic carbocycles. The molecule has 0 aromatic heterocycles. The van der Waals surface area contributed by atoms with Gasteiger partial charge in [-0.3, -0.25) is 4.31 Å². The fourth-order valence-electron chi connectivity index (χ4n) is 2.27. The number of sulfonamides is 1. The highest BCUT2D eigenvalue weighted by Crippen LogP contribution is 2.27. The zero-order valence-electron chi connectivity index (χ0n) is 13.6. The van der Waals surface area contributed by atoms with Crippen molar-refractivity contribution in [2.24, 2.45) is 0 Å². The van der Waals surface area contributed by atoms with Crippen molar-refractivity contribution in [1.29, 1.82) is 0 Å². The molecule has 1 unspecified atom stereocenters. The predicted octanol–water partition coefficient (Wildman–Crippen LogP) is 2.36. The van der Waals surface area contributed by atoms with E-state index < -0.39 is 28.0 Å². The Morgan fingerprint density at radius 3 is 2.16 bits per heavy atom. The summed E-state index contributed by atoms with van der Waals surface area (Å²) in [6.07, 6.45) is 0. The Morgan fingerprint density at radius 1 is 1.04 bits per heavy atom. The number of benzene rings is 2. The Bertz CT molecular complexity index is 905. The number of carboxylic acids is 2. The summed E-state index contributed by atoms with van der Waals surface area (Å²) >= 11 is 0. The average molecular weight is 363 g/mol. The second kappa shape index (κ2) is 6.94. The summed E-state index contributed by atoms with van der Waals surface area (Å²) in [5.74, 6) is -2.59. The van der Waals surface area contributed by atoms with Crippen LogP contribution in [0.15, 0.2) is 53.4 Å². The summed E-state index contributed by atoms with van der Waals surface area (Å²) in [6, 6.07) is 9.70. The number of nitrogens with zero attached hydrogens (tertiary/aromatic N) is 1. The lowest BCUT2D eigenvalue weighted by Gasteiger charge is -2.28. The number of aromatic carboxylic acids is 1. The van der Waals surface area contributed by atoms with E-state index in [-0.39, 0.29) is 16.1 Å². The average Bonchev–Trinajstić information content (AvgIpc) is 2.55. The molecule has 0 saturated carbocycles. The van der Waals surface area contributed by atoms with Crippen LogP contribution in [0.4, 0.5) is 5.69 Å². The predicted molar refractivity (Wildman–Crippen MR) is 91.3 cm³/mol. The molecule has 0 fully saturated rings. The maximum absolute atomic E-state index is 13.0. The fourth-order valence-corrected chi connectivity index (χ4v) is 3.88. The molecule has 25 heavy (non-hydrogen) atoms. The third kappa shape index (κ3) is 3.80. The number of carbonyl (C=O) groups is 2. The van der Waals surface area contributed by atoms with E-state index in [9.17, 15) is 23.1 Å². The van der Waals surface area contributed by atoms with Crippen LogP contribution in [0.3, 0.4) is 0 Å². The van der Waals surface area contributed by atoms with Gasteiger partial charge < -0.3 is 10.2 Å². The van der Waals surface area contributed by atoms with Crippen LogP contribution in [0, 0.1) is 6.92 Å². The number of rotatable bonds is 6. The minimum atomic E-state index is -4.20. The first-order chi connectivity index (χ1) is 11.6. The minimum absolute atomic E-state index is 0.0321. The van der Waals surface area contributed by atoms with Crippen LogP contribution in [0.2, 0.25) is 0 Å². The van der Waals surface area contributed by atoms with E-state index in [1.165, 1.54) is 37.3 Å². The third-order valence-corrected chi connectivity index (χ3v) is 5.55. The highest BCUT2D eigenvalue weighted by atomic mass is 32.2. The van der Waals surface area contributed by atoms with Gasteiger partial charge in [-0.05, 0) is 44.2 Å². The minimum Gasteiger partial charge on any atom is -0.480 e. The van der Waals surface area contributed by atoms with Gasteiger partial charge >= 0.3 is 11.9 Å². The van der Waals surface area contributed by atoms with Crippen molar-refractivity contribution in [2.45, 2.75) is 24.8 Å². The Morgan fingerprint density at radius 2 is 1.64 bits per heavy atom. The molecule has 0 aliphatic heterocycles. The molecule has 1 atom stereocenters. The van der Waals surface area contributed by atoms with Crippen molar-refractivity contribution in [3.05, 3.63) is 59.7 Å². The number of hydrogen-bond donors (Lipinski definition) is 2. The van der Waals surface area contributed by atoms with E-state index in [1.807, 2.05) is 0 Å². The van der Waals surface area contributed by atoms with Crippen LogP contribution < -0.4 is 4.31 Å². The van der Waals surface area contributed by atoms with Gasteiger partial charge in [0.15, 0.2) is 0 Å². The van der Waals surface area contributed by atoms with Gasteiger partial charge in [-0.25, -0.2) is 18.0 Å². The first-order valence-electron chi connectivity index (χ1n) is 7.32. The van der Waals surface area contributed by atoms with Crippen LogP contribution in [-0.4, -0.2) is 36.6 Å². The summed E-state index contributed by atoms with van der Waals surface area (Å²) in [6.45, 7) is 3.02. The van der Waals surface area contributed by atoms with Crippen LogP contribution in [0.25, 0.3) is 0 Å². The van der Waals surface area contributed by atoms with E-state index in [1.54, 1.807) is 19.1 Å². The standard InChI is InChI=1S/C17H17NO6S/c1-11-6-8-15(9-7-11)25(23,24)18(12(2)16(19)20)14-5-3-4-13(10-14)17(21)22/h3-10,12H,1-2H3,(H,19,20)(H,21,22). The van der Waals surface area contributed by atoms with Gasteiger partial charge in [-0.1, -0.05) is 23.8 Å². The molecule has 2 aromatic rings. The number of hydrogen-bond acceptors (Lipinski definition) is 4. The van der Waals surface area contributed by atoms with Gasteiger partial charge in [-0.2, -0.15) is 0 Å². The molecule has 0 spiro atoms. The van der Waals surface area contributed by atoms with Gasteiger partial charge in [0, 0.05) is 0 Å². The van der Waals surface area contributed by atoms with E-state index in [0.717, 1.165) is 11.6 Å². The first kappa shape index (κ1) is 18.5. The van der Waals surface area contributed by atoms with E-state index in [2.05, 4.69) is 0 Å². The monoisotopic (exact) mass is 363 g/mol. The quantitative estimate of drug-likeness (QED) is 0.815. The Balaban J connectivity index is 2.64. The van der Waals surface area contributed by atoms with E-state index in [0.29, 0.717) is 4.31 Å². The first-order valence-corrected chi connectivity index (χ1v) is 8.76. The van der Waals surface area contributed by atoms with Crippen molar-refractivity contribution >= 4 is 27.6 Å². The van der Waals surface area contributed by atoms with Crippen LogP contribution in [0.5, 0.6) is 0 Å². The van der Waals surface area contributed by atoms with Crippen molar-refractivity contribution in [2.75, 3.05) is 4.31 Å². The van der Waals surface area contributed by atoms with Crippen LogP contribution >= 0.6 is 0 Å². The number of carboxylic acid groups (broad SMARTS) is 2. The van der Waals surface area contributed by atoms with Crippen molar-refractivity contribution in [3.63, 3.8) is 0 Å². The molecule has 0 amide bonds. The maximum atomic E-state index is 13.0. The molecule has 132 valence electrons. The summed E-state index contributed by atoms with van der Waals surface area (Å²) in [5, 5.41) is 18.4. The topological polar surface area (TPSA) is 112 Å². The molecule has 8 heteroatoms. The normalized spacial score (nSPS) is 12.4. The summed E-state index contributed by atoms with van der Waals surface area (Å²) in [5.41, 5.74) is 0.680. The van der Waals surface area contributed by atoms with Gasteiger partial charge in [0.05, 0.1) is 16.1 Å². The molecule has 7 nitrogen and oxygen atoms in total. The lowest BCUT2D eigenvalue weighted by Crippen LogP contribution is -2.43. The van der Waals surface area contributed by atoms with Gasteiger partial charge in [0.1, 0.15) is 6.04 Å². The Hall–Kier alpha value is -2.87. The lowest BCUT2D eigenvalue weighted by molar-refractivity contribution is -0.137. The largest absolute Gasteiger partial charge is 0.480 e. The van der Waals surface area contributed by atoms with E-state index >= 15 is 0 Å². The summed E-state index contributed by atoms with van der Waals surface area (Å²) in [4.78, 5) is 22.5. The van der Waals surface area contributed by atoms with Crippen molar-refractivity contribution in [1.82, 2.24) is 0 Å². The molecule has 0 radical (unpaired) electrons. The van der Waals surface area contributed by atoms with Gasteiger partial charge in [-0.15, -0.1) is 0 Å². The molecule has 0 aliphatic carbocycles. The molecule has 0 saturated heterocycles. The van der Waals surface area contributed by atoms with Crippen molar-refractivity contribution in [3.8, 4) is 0 Å². The van der Waals surface area contributed by atoms with Gasteiger partial charge in [0.25, 0.3) is 10.0 Å². The Labute approximate surface area is 145 Å². The number of aliphatic carboxylic acids is 1. The third-order valence-electron chi connectivity index (χ3n) is 3.63. The highest BCUT2D eigenvalue weighted by Gasteiger charge is 2.33. The zero-order valence-corrected chi connectivity index (χ0v) is 14.4. The fraction of sp³-hybridized carbons (Fsp3) is 0.176.